The third-order valence-corrected chi connectivity index (χ3v) is 5.95. The molecule has 0 aliphatic rings. The summed E-state index contributed by atoms with van der Waals surface area (Å²) in [6.07, 6.45) is 4.12. The Labute approximate surface area is 184 Å². The topological polar surface area (TPSA) is 39.2 Å². The van der Waals surface area contributed by atoms with E-state index in [1.165, 1.54) is 39.2 Å². The van der Waals surface area contributed by atoms with Gasteiger partial charge in [0.25, 0.3) is 0 Å². The van der Waals surface area contributed by atoms with Crippen LogP contribution < -0.4 is 4.74 Å². The molecule has 0 amide bonds. The van der Waals surface area contributed by atoms with Gasteiger partial charge in [-0.25, -0.2) is 4.98 Å². The minimum absolute atomic E-state index is 0.353. The van der Waals surface area contributed by atoms with Crippen molar-refractivity contribution >= 4 is 61.3 Å². The summed E-state index contributed by atoms with van der Waals surface area (Å²) in [5, 5.41) is 8.54. The number of ether oxygens (including phenoxy) is 1. The number of aromatic nitrogens is 1. The fourth-order valence-electron chi connectivity index (χ4n) is 4.54. The Morgan fingerprint density at radius 2 is 1.38 bits per heavy atom. The molecular weight excluding hydrogens is 394 g/mol. The molecule has 3 nitrogen and oxygen atoms in total. The van der Waals surface area contributed by atoms with Crippen LogP contribution in [0.3, 0.4) is 0 Å². The van der Waals surface area contributed by atoms with Crippen molar-refractivity contribution in [3.63, 3.8) is 0 Å². The molecule has 0 radical (unpaired) electrons. The van der Waals surface area contributed by atoms with Crippen molar-refractivity contribution in [2.45, 2.75) is 6.92 Å². The first-order valence-corrected chi connectivity index (χ1v) is 10.6. The van der Waals surface area contributed by atoms with Crippen molar-refractivity contribution in [1.29, 1.82) is 0 Å². The standard InChI is InChI=1S/C29H19NO2/c1-18(31)32-26-7-3-6-23-13-16-24(30-29(23)26)15-12-19-8-9-22-11-10-20-4-2-5-21-14-17-25(19)28(22)27(20)21/h2-17H,1H3/b15-12+. The molecule has 3 heteroatoms. The zero-order chi connectivity index (χ0) is 21.7. The second-order valence-corrected chi connectivity index (χ2v) is 8.00. The number of rotatable bonds is 3. The van der Waals surface area contributed by atoms with Gasteiger partial charge in [-0.3, -0.25) is 4.79 Å². The Balaban J connectivity index is 1.48. The maximum Gasteiger partial charge on any atom is 0.308 e. The fraction of sp³-hybridized carbons (Fsp3) is 0.0345. The zero-order valence-corrected chi connectivity index (χ0v) is 17.5. The summed E-state index contributed by atoms with van der Waals surface area (Å²) in [6.45, 7) is 1.40. The van der Waals surface area contributed by atoms with Gasteiger partial charge in [-0.2, -0.15) is 0 Å². The summed E-state index contributed by atoms with van der Waals surface area (Å²) < 4.78 is 5.34. The minimum Gasteiger partial charge on any atom is -0.424 e. The molecule has 0 aliphatic carbocycles. The molecule has 0 N–H and O–H groups in total. The highest BCUT2D eigenvalue weighted by atomic mass is 16.5. The molecule has 152 valence electrons. The smallest absolute Gasteiger partial charge is 0.308 e. The lowest BCUT2D eigenvalue weighted by atomic mass is 9.92. The van der Waals surface area contributed by atoms with Crippen LogP contribution in [0.25, 0.3) is 55.4 Å². The van der Waals surface area contributed by atoms with Crippen LogP contribution in [0.4, 0.5) is 0 Å². The van der Waals surface area contributed by atoms with Crippen LogP contribution >= 0.6 is 0 Å². The number of nitrogens with zero attached hydrogens (tertiary/aromatic N) is 1. The number of para-hydroxylation sites is 1. The molecule has 0 saturated heterocycles. The lowest BCUT2D eigenvalue weighted by molar-refractivity contribution is -0.131. The van der Waals surface area contributed by atoms with Crippen LogP contribution in [0.15, 0.2) is 84.9 Å². The molecule has 1 heterocycles. The Kier molecular flexibility index (Phi) is 4.15. The molecule has 5 aromatic carbocycles. The molecule has 6 aromatic rings. The number of carbonyl (C=O) groups excluding carboxylic acids is 1. The second kappa shape index (κ2) is 7.17. The number of fused-ring (bicyclic) bond motifs is 1. The van der Waals surface area contributed by atoms with E-state index in [9.17, 15) is 4.79 Å². The first kappa shape index (κ1) is 18.5. The van der Waals surface area contributed by atoms with Crippen molar-refractivity contribution in [2.24, 2.45) is 0 Å². The molecule has 0 atom stereocenters. The van der Waals surface area contributed by atoms with Crippen LogP contribution in [0, 0.1) is 0 Å². The highest BCUT2D eigenvalue weighted by molar-refractivity contribution is 6.24. The Hall–Kier alpha value is -4.24. The molecule has 0 bridgehead atoms. The lowest BCUT2D eigenvalue weighted by Crippen LogP contribution is -2.02. The summed E-state index contributed by atoms with van der Waals surface area (Å²) >= 11 is 0. The van der Waals surface area contributed by atoms with Crippen LogP contribution in [0.2, 0.25) is 0 Å². The van der Waals surface area contributed by atoms with Gasteiger partial charge in [0.05, 0.1) is 5.69 Å². The number of hydrogen-bond donors (Lipinski definition) is 0. The third-order valence-electron chi connectivity index (χ3n) is 5.95. The highest BCUT2D eigenvalue weighted by Crippen LogP contribution is 2.36. The number of pyridine rings is 1. The monoisotopic (exact) mass is 413 g/mol. The number of carbonyl (C=O) groups is 1. The maximum atomic E-state index is 11.5. The van der Waals surface area contributed by atoms with E-state index >= 15 is 0 Å². The summed E-state index contributed by atoms with van der Waals surface area (Å²) in [7, 11) is 0. The zero-order valence-electron chi connectivity index (χ0n) is 17.5. The maximum absolute atomic E-state index is 11.5. The van der Waals surface area contributed by atoms with Gasteiger partial charge in [-0.05, 0) is 56.1 Å². The van der Waals surface area contributed by atoms with Crippen LogP contribution in [-0.4, -0.2) is 11.0 Å². The molecule has 1 aromatic heterocycles. The number of esters is 1. The molecule has 0 aliphatic heterocycles. The Morgan fingerprint density at radius 1 is 0.719 bits per heavy atom. The average Bonchev–Trinajstić information content (AvgIpc) is 2.81. The predicted octanol–water partition coefficient (Wildman–Crippen LogP) is 7.23. The van der Waals surface area contributed by atoms with Crippen molar-refractivity contribution in [3.05, 3.63) is 96.2 Å². The summed E-state index contributed by atoms with van der Waals surface area (Å²) in [6, 6.07) is 29.1. The van der Waals surface area contributed by atoms with E-state index < -0.39 is 0 Å². The summed E-state index contributed by atoms with van der Waals surface area (Å²) in [5.41, 5.74) is 2.63. The Morgan fingerprint density at radius 3 is 2.19 bits per heavy atom. The van der Waals surface area contributed by atoms with Crippen LogP contribution in [0.5, 0.6) is 5.75 Å². The fourth-order valence-corrected chi connectivity index (χ4v) is 4.54. The molecule has 0 spiro atoms. The minimum atomic E-state index is -0.353. The molecule has 0 fully saturated rings. The lowest BCUT2D eigenvalue weighted by Gasteiger charge is -2.12. The van der Waals surface area contributed by atoms with Gasteiger partial charge in [0.2, 0.25) is 0 Å². The third kappa shape index (κ3) is 2.98. The molecule has 32 heavy (non-hydrogen) atoms. The number of hydrogen-bond acceptors (Lipinski definition) is 3. The quantitative estimate of drug-likeness (QED) is 0.175. The van der Waals surface area contributed by atoms with Gasteiger partial charge < -0.3 is 4.74 Å². The van der Waals surface area contributed by atoms with Crippen LogP contribution in [-0.2, 0) is 4.79 Å². The average molecular weight is 413 g/mol. The van der Waals surface area contributed by atoms with E-state index in [0.29, 0.717) is 11.3 Å². The van der Waals surface area contributed by atoms with E-state index in [1.54, 1.807) is 6.07 Å². The van der Waals surface area contributed by atoms with E-state index in [-0.39, 0.29) is 5.97 Å². The second-order valence-electron chi connectivity index (χ2n) is 8.00. The normalized spacial score (nSPS) is 11.9. The number of benzene rings is 5. The van der Waals surface area contributed by atoms with Gasteiger partial charge in [0.1, 0.15) is 5.52 Å². The molecule has 0 saturated carbocycles. The summed E-state index contributed by atoms with van der Waals surface area (Å²) in [5.74, 6) is 0.127. The van der Waals surface area contributed by atoms with Crippen molar-refractivity contribution < 1.29 is 9.53 Å². The van der Waals surface area contributed by atoms with Crippen molar-refractivity contribution in [3.8, 4) is 5.75 Å². The van der Waals surface area contributed by atoms with Gasteiger partial charge >= 0.3 is 5.97 Å². The van der Waals surface area contributed by atoms with Gasteiger partial charge in [-0.15, -0.1) is 0 Å². The molecule has 6 rings (SSSR count). The largest absolute Gasteiger partial charge is 0.424 e. The summed E-state index contributed by atoms with van der Waals surface area (Å²) in [4.78, 5) is 16.2. The first-order valence-electron chi connectivity index (χ1n) is 10.6. The van der Waals surface area contributed by atoms with Crippen molar-refractivity contribution in [1.82, 2.24) is 4.98 Å². The van der Waals surface area contributed by atoms with E-state index in [2.05, 4.69) is 60.7 Å². The first-order chi connectivity index (χ1) is 15.7. The van der Waals surface area contributed by atoms with Crippen LogP contribution in [0.1, 0.15) is 18.2 Å². The van der Waals surface area contributed by atoms with E-state index in [1.807, 2.05) is 30.3 Å². The van der Waals surface area contributed by atoms with E-state index in [0.717, 1.165) is 16.6 Å². The molecular formula is C29H19NO2. The predicted molar refractivity (Wildman–Crippen MR) is 132 cm³/mol. The van der Waals surface area contributed by atoms with Gasteiger partial charge in [-0.1, -0.05) is 78.9 Å². The Bertz CT molecular complexity index is 1660. The van der Waals surface area contributed by atoms with Gasteiger partial charge in [0, 0.05) is 12.3 Å². The SMILES string of the molecule is CC(=O)Oc1cccc2ccc(/C=C/c3ccc4ccc5cccc6ccc3c4c56)nc12. The molecule has 0 unspecified atom stereocenters. The van der Waals surface area contributed by atoms with E-state index in [4.69, 9.17) is 9.72 Å². The van der Waals surface area contributed by atoms with Gasteiger partial charge in [0.15, 0.2) is 5.75 Å². The highest BCUT2D eigenvalue weighted by Gasteiger charge is 2.10. The van der Waals surface area contributed by atoms with Crippen molar-refractivity contribution in [2.75, 3.05) is 0 Å².